The Balaban J connectivity index is 2.72. The molecule has 17 heavy (non-hydrogen) atoms. The van der Waals surface area contributed by atoms with E-state index in [2.05, 4.69) is 42.9 Å². The van der Waals surface area contributed by atoms with Crippen LogP contribution in [0.1, 0.15) is 11.1 Å². The number of hydrogen-bond donors (Lipinski definition) is 0. The highest BCUT2D eigenvalue weighted by Crippen LogP contribution is 2.15. The lowest BCUT2D eigenvalue weighted by Crippen LogP contribution is -2.20. The van der Waals surface area contributed by atoms with E-state index in [4.69, 9.17) is 0 Å². The molecular weight excluding hydrogens is 348 g/mol. The Morgan fingerprint density at radius 2 is 1.71 bits per heavy atom. The Bertz CT molecular complexity index is 615. The van der Waals surface area contributed by atoms with E-state index in [1.165, 1.54) is 0 Å². The van der Waals surface area contributed by atoms with Gasteiger partial charge in [-0.25, -0.2) is 4.98 Å². The molecule has 88 valence electrons. The molecule has 0 aliphatic rings. The molecule has 1 heterocycles. The van der Waals surface area contributed by atoms with Gasteiger partial charge in [-0.2, -0.15) is 0 Å². The first-order chi connectivity index (χ1) is 7.97. The smallest absolute Gasteiger partial charge is 0.279 e. The van der Waals surface area contributed by atoms with Crippen LogP contribution in [0.25, 0.3) is 5.69 Å². The van der Waals surface area contributed by atoms with E-state index in [9.17, 15) is 4.79 Å². The summed E-state index contributed by atoms with van der Waals surface area (Å²) in [5.41, 5.74) is 2.92. The fraction of sp³-hybridized carbons (Fsp3) is 0.167. The van der Waals surface area contributed by atoms with E-state index in [0.717, 1.165) is 16.8 Å². The van der Waals surface area contributed by atoms with Gasteiger partial charge in [0.2, 0.25) is 0 Å². The van der Waals surface area contributed by atoms with Crippen molar-refractivity contribution in [3.8, 4) is 5.69 Å². The molecule has 0 radical (unpaired) electrons. The second-order valence-electron chi connectivity index (χ2n) is 3.88. The van der Waals surface area contributed by atoms with Gasteiger partial charge in [0, 0.05) is 11.9 Å². The maximum atomic E-state index is 12.0. The van der Waals surface area contributed by atoms with Crippen molar-refractivity contribution in [1.29, 1.82) is 0 Å². The summed E-state index contributed by atoms with van der Waals surface area (Å²) in [5.74, 6) is 0. The summed E-state index contributed by atoms with van der Waals surface area (Å²) in [7, 11) is 0. The average Bonchev–Trinajstić information content (AvgIpc) is 2.22. The molecule has 0 saturated carbocycles. The first-order valence-electron chi connectivity index (χ1n) is 5.01. The number of benzene rings is 1. The molecule has 0 fully saturated rings. The maximum Gasteiger partial charge on any atom is 0.288 e. The summed E-state index contributed by atoms with van der Waals surface area (Å²) in [6.45, 7) is 4.01. The topological polar surface area (TPSA) is 34.9 Å². The van der Waals surface area contributed by atoms with Gasteiger partial charge in [0.15, 0.2) is 4.60 Å². The Labute approximate surface area is 116 Å². The van der Waals surface area contributed by atoms with Crippen LogP contribution in [0.5, 0.6) is 0 Å². The third kappa shape index (κ3) is 2.66. The fourth-order valence-corrected chi connectivity index (χ4v) is 2.72. The summed E-state index contributed by atoms with van der Waals surface area (Å²) >= 11 is 6.44. The van der Waals surface area contributed by atoms with Gasteiger partial charge in [-0.1, -0.05) is 6.07 Å². The summed E-state index contributed by atoms with van der Waals surface area (Å²) in [6, 6.07) is 6.00. The minimum absolute atomic E-state index is 0.168. The summed E-state index contributed by atoms with van der Waals surface area (Å²) < 4.78 is 2.48. The second-order valence-corrected chi connectivity index (χ2v) is 5.44. The summed E-state index contributed by atoms with van der Waals surface area (Å²) in [5, 5.41) is 0. The molecule has 0 aliphatic heterocycles. The highest BCUT2D eigenvalue weighted by Gasteiger charge is 2.07. The largest absolute Gasteiger partial charge is 0.288 e. The molecule has 2 aromatic rings. The molecule has 1 aromatic heterocycles. The number of rotatable bonds is 1. The predicted molar refractivity (Wildman–Crippen MR) is 74.7 cm³/mol. The SMILES string of the molecule is Cc1cc(C)cc(-n2cc(Br)nc(Br)c2=O)c1. The lowest BCUT2D eigenvalue weighted by molar-refractivity contribution is 0.922. The number of hydrogen-bond acceptors (Lipinski definition) is 2. The van der Waals surface area contributed by atoms with Crippen molar-refractivity contribution in [2.75, 3.05) is 0 Å². The van der Waals surface area contributed by atoms with E-state index in [-0.39, 0.29) is 5.56 Å². The molecule has 0 amide bonds. The molecule has 0 spiro atoms. The Kier molecular flexibility index (Phi) is 3.49. The van der Waals surface area contributed by atoms with E-state index in [0.29, 0.717) is 9.21 Å². The molecular formula is C12H10Br2N2O. The van der Waals surface area contributed by atoms with Gasteiger partial charge in [0.1, 0.15) is 4.60 Å². The zero-order valence-electron chi connectivity index (χ0n) is 9.37. The van der Waals surface area contributed by atoms with Gasteiger partial charge < -0.3 is 0 Å². The minimum Gasteiger partial charge on any atom is -0.279 e. The summed E-state index contributed by atoms with van der Waals surface area (Å²) in [4.78, 5) is 16.0. The Morgan fingerprint density at radius 3 is 2.29 bits per heavy atom. The van der Waals surface area contributed by atoms with Crippen molar-refractivity contribution in [2.45, 2.75) is 13.8 Å². The van der Waals surface area contributed by atoms with E-state index in [1.54, 1.807) is 10.8 Å². The lowest BCUT2D eigenvalue weighted by Gasteiger charge is -2.08. The number of nitrogens with zero attached hydrogens (tertiary/aromatic N) is 2. The highest BCUT2D eigenvalue weighted by molar-refractivity contribution is 9.11. The molecule has 2 rings (SSSR count). The molecule has 0 bridgehead atoms. The van der Waals surface area contributed by atoms with Crippen LogP contribution in [0, 0.1) is 13.8 Å². The third-order valence-corrected chi connectivity index (χ3v) is 3.22. The van der Waals surface area contributed by atoms with Crippen LogP contribution in [-0.2, 0) is 0 Å². The van der Waals surface area contributed by atoms with Crippen molar-refractivity contribution in [1.82, 2.24) is 9.55 Å². The number of aromatic nitrogens is 2. The van der Waals surface area contributed by atoms with E-state index < -0.39 is 0 Å². The fourth-order valence-electron chi connectivity index (χ4n) is 1.72. The average molecular weight is 358 g/mol. The van der Waals surface area contributed by atoms with Crippen LogP contribution in [-0.4, -0.2) is 9.55 Å². The zero-order valence-corrected chi connectivity index (χ0v) is 12.5. The molecule has 0 unspecified atom stereocenters. The quantitative estimate of drug-likeness (QED) is 0.784. The predicted octanol–water partition coefficient (Wildman–Crippen LogP) is 3.37. The molecule has 3 nitrogen and oxygen atoms in total. The monoisotopic (exact) mass is 356 g/mol. The molecule has 5 heteroatoms. The van der Waals surface area contributed by atoms with Crippen LogP contribution in [0.3, 0.4) is 0 Å². The Hall–Kier alpha value is -0.940. The highest BCUT2D eigenvalue weighted by atomic mass is 79.9. The maximum absolute atomic E-state index is 12.0. The molecule has 0 N–H and O–H groups in total. The van der Waals surface area contributed by atoms with Gasteiger partial charge in [0.25, 0.3) is 5.56 Å². The second kappa shape index (κ2) is 4.74. The van der Waals surface area contributed by atoms with Crippen molar-refractivity contribution in [3.05, 3.63) is 55.1 Å². The molecule has 0 atom stereocenters. The molecule has 0 saturated heterocycles. The van der Waals surface area contributed by atoms with Crippen LogP contribution >= 0.6 is 31.9 Å². The van der Waals surface area contributed by atoms with Gasteiger partial charge in [-0.3, -0.25) is 9.36 Å². The lowest BCUT2D eigenvalue weighted by atomic mass is 10.1. The van der Waals surface area contributed by atoms with Crippen molar-refractivity contribution < 1.29 is 0 Å². The van der Waals surface area contributed by atoms with Crippen molar-refractivity contribution >= 4 is 31.9 Å². The number of aryl methyl sites for hydroxylation is 2. The van der Waals surface area contributed by atoms with E-state index >= 15 is 0 Å². The van der Waals surface area contributed by atoms with Gasteiger partial charge in [-0.15, -0.1) is 0 Å². The van der Waals surface area contributed by atoms with Crippen LogP contribution in [0.15, 0.2) is 38.4 Å². The van der Waals surface area contributed by atoms with Gasteiger partial charge in [-0.05, 0) is 69.0 Å². The normalized spacial score (nSPS) is 10.6. The van der Waals surface area contributed by atoms with E-state index in [1.807, 2.05) is 26.0 Å². The van der Waals surface area contributed by atoms with Gasteiger partial charge in [0.05, 0.1) is 0 Å². The van der Waals surface area contributed by atoms with Gasteiger partial charge >= 0.3 is 0 Å². The third-order valence-electron chi connectivity index (χ3n) is 2.32. The summed E-state index contributed by atoms with van der Waals surface area (Å²) in [6.07, 6.45) is 1.67. The zero-order chi connectivity index (χ0) is 12.6. The molecule has 1 aromatic carbocycles. The minimum atomic E-state index is -0.168. The molecule has 0 aliphatic carbocycles. The van der Waals surface area contributed by atoms with Crippen molar-refractivity contribution in [3.63, 3.8) is 0 Å². The standard InChI is InChI=1S/C12H10Br2N2O/c1-7-3-8(2)5-9(4-7)16-6-10(13)15-11(14)12(16)17/h3-6H,1-2H3. The van der Waals surface area contributed by atoms with Crippen LogP contribution < -0.4 is 5.56 Å². The first kappa shape index (κ1) is 12.5. The van der Waals surface area contributed by atoms with Crippen LogP contribution in [0.4, 0.5) is 0 Å². The number of halogens is 2. The Morgan fingerprint density at radius 1 is 1.12 bits per heavy atom. The van der Waals surface area contributed by atoms with Crippen molar-refractivity contribution in [2.24, 2.45) is 0 Å². The van der Waals surface area contributed by atoms with Crippen LogP contribution in [0.2, 0.25) is 0 Å². The first-order valence-corrected chi connectivity index (χ1v) is 6.59.